The summed E-state index contributed by atoms with van der Waals surface area (Å²) in [6, 6.07) is 7.89. The standard InChI is InChI=1S/C16H24O3/c1-3-5-6-7-10-13-17-19-18-14-16-12-9-8-11-15(16)4-2/h4,8-9,11-12H,2-3,5-7,10,13-14H2,1H3. The maximum atomic E-state index is 5.02. The van der Waals surface area contributed by atoms with Crippen molar-refractivity contribution >= 4 is 6.08 Å². The Hall–Kier alpha value is -1.16. The molecule has 0 amide bonds. The Bertz CT molecular complexity index is 350. The first kappa shape index (κ1) is 15.9. The first-order chi connectivity index (χ1) is 9.38. The van der Waals surface area contributed by atoms with Crippen molar-refractivity contribution in [3.05, 3.63) is 42.0 Å². The highest BCUT2D eigenvalue weighted by atomic mass is 17.5. The summed E-state index contributed by atoms with van der Waals surface area (Å²) in [7, 11) is 0. The fourth-order valence-electron chi connectivity index (χ4n) is 1.78. The molecule has 19 heavy (non-hydrogen) atoms. The molecule has 1 rings (SSSR count). The highest BCUT2D eigenvalue weighted by Crippen LogP contribution is 2.11. The van der Waals surface area contributed by atoms with Crippen LogP contribution in [0.25, 0.3) is 6.08 Å². The van der Waals surface area contributed by atoms with Gasteiger partial charge in [-0.15, -0.1) is 0 Å². The molecule has 0 spiro atoms. The minimum atomic E-state index is 0.359. The van der Waals surface area contributed by atoms with Crippen molar-refractivity contribution in [3.63, 3.8) is 0 Å². The van der Waals surface area contributed by atoms with E-state index in [-0.39, 0.29) is 0 Å². The molecule has 3 heteroatoms. The van der Waals surface area contributed by atoms with Crippen molar-refractivity contribution in [2.75, 3.05) is 6.61 Å². The van der Waals surface area contributed by atoms with Gasteiger partial charge in [0.1, 0.15) is 6.61 Å². The molecule has 0 N–H and O–H groups in total. The van der Waals surface area contributed by atoms with Crippen LogP contribution in [0.2, 0.25) is 0 Å². The molecule has 0 atom stereocenters. The maximum absolute atomic E-state index is 5.02. The quantitative estimate of drug-likeness (QED) is 0.330. The van der Waals surface area contributed by atoms with Crippen molar-refractivity contribution < 1.29 is 14.8 Å². The van der Waals surface area contributed by atoms with Gasteiger partial charge in [-0.1, -0.05) is 74.6 Å². The summed E-state index contributed by atoms with van der Waals surface area (Å²) in [6.07, 6.45) is 7.78. The van der Waals surface area contributed by atoms with Crippen molar-refractivity contribution in [1.82, 2.24) is 0 Å². The van der Waals surface area contributed by atoms with E-state index < -0.39 is 0 Å². The lowest BCUT2D eigenvalue weighted by Gasteiger charge is -2.06. The zero-order valence-corrected chi connectivity index (χ0v) is 11.8. The molecule has 0 aliphatic carbocycles. The summed E-state index contributed by atoms with van der Waals surface area (Å²) in [6.45, 7) is 6.90. The zero-order valence-electron chi connectivity index (χ0n) is 11.8. The van der Waals surface area contributed by atoms with E-state index in [0.29, 0.717) is 13.2 Å². The van der Waals surface area contributed by atoms with E-state index in [1.54, 1.807) is 6.08 Å². The lowest BCUT2D eigenvalue weighted by atomic mass is 10.1. The van der Waals surface area contributed by atoms with Crippen LogP contribution < -0.4 is 0 Å². The van der Waals surface area contributed by atoms with Gasteiger partial charge in [0.15, 0.2) is 0 Å². The Morgan fingerprint density at radius 3 is 2.63 bits per heavy atom. The first-order valence-corrected chi connectivity index (χ1v) is 7.00. The molecule has 0 aliphatic rings. The molecular formula is C16H24O3. The van der Waals surface area contributed by atoms with Crippen molar-refractivity contribution in [1.29, 1.82) is 0 Å². The van der Waals surface area contributed by atoms with E-state index in [2.05, 4.69) is 13.5 Å². The molecule has 106 valence electrons. The summed E-state index contributed by atoms with van der Waals surface area (Å²) in [5.74, 6) is 0. The number of hydrogen-bond acceptors (Lipinski definition) is 3. The molecule has 0 fully saturated rings. The van der Waals surface area contributed by atoms with Gasteiger partial charge < -0.3 is 0 Å². The summed E-state index contributed by atoms with van der Waals surface area (Å²) in [4.78, 5) is 9.98. The molecule has 0 saturated heterocycles. The highest BCUT2D eigenvalue weighted by Gasteiger charge is 1.99. The third kappa shape index (κ3) is 7.11. The van der Waals surface area contributed by atoms with Crippen molar-refractivity contribution in [2.24, 2.45) is 0 Å². The molecule has 0 aromatic heterocycles. The van der Waals surface area contributed by atoms with Gasteiger partial charge in [0, 0.05) is 0 Å². The second-order valence-corrected chi connectivity index (χ2v) is 4.47. The predicted octanol–water partition coefficient (Wildman–Crippen LogP) is 4.68. The van der Waals surface area contributed by atoms with E-state index in [0.717, 1.165) is 17.5 Å². The molecular weight excluding hydrogens is 240 g/mol. The summed E-state index contributed by atoms with van der Waals surface area (Å²) in [5, 5.41) is 4.71. The van der Waals surface area contributed by atoms with E-state index in [1.165, 1.54) is 25.7 Å². The van der Waals surface area contributed by atoms with Gasteiger partial charge in [-0.05, 0) is 17.5 Å². The molecule has 0 radical (unpaired) electrons. The number of benzene rings is 1. The maximum Gasteiger partial charge on any atom is 0.111 e. The first-order valence-electron chi connectivity index (χ1n) is 7.00. The van der Waals surface area contributed by atoms with Crippen LogP contribution in [-0.2, 0) is 21.4 Å². The predicted molar refractivity (Wildman–Crippen MR) is 77.1 cm³/mol. The molecule has 0 saturated carbocycles. The van der Waals surface area contributed by atoms with E-state index >= 15 is 0 Å². The van der Waals surface area contributed by atoms with E-state index in [9.17, 15) is 0 Å². The molecule has 0 bridgehead atoms. The zero-order chi connectivity index (χ0) is 13.8. The summed E-state index contributed by atoms with van der Waals surface area (Å²) < 4.78 is 0. The van der Waals surface area contributed by atoms with Crippen LogP contribution >= 0.6 is 0 Å². The smallest absolute Gasteiger partial charge is 0.111 e. The highest BCUT2D eigenvalue weighted by molar-refractivity contribution is 5.51. The van der Waals surface area contributed by atoms with Crippen LogP contribution in [0.15, 0.2) is 30.8 Å². The van der Waals surface area contributed by atoms with Crippen LogP contribution in [-0.4, -0.2) is 6.61 Å². The molecule has 0 heterocycles. The SMILES string of the molecule is C=Cc1ccccc1COOOCCCCCCC. The molecule has 3 nitrogen and oxygen atoms in total. The van der Waals surface area contributed by atoms with Gasteiger partial charge in [0.2, 0.25) is 0 Å². The van der Waals surface area contributed by atoms with Gasteiger partial charge in [0.05, 0.1) is 6.61 Å². The van der Waals surface area contributed by atoms with Crippen LogP contribution in [0, 0.1) is 0 Å². The Morgan fingerprint density at radius 1 is 1.05 bits per heavy atom. The third-order valence-electron chi connectivity index (χ3n) is 2.92. The largest absolute Gasteiger partial charge is 0.206 e. The second-order valence-electron chi connectivity index (χ2n) is 4.47. The van der Waals surface area contributed by atoms with Gasteiger partial charge >= 0.3 is 0 Å². The van der Waals surface area contributed by atoms with Gasteiger partial charge in [-0.3, -0.25) is 0 Å². The van der Waals surface area contributed by atoms with Gasteiger partial charge in [-0.2, -0.15) is 0 Å². The Kier molecular flexibility index (Phi) is 8.98. The minimum absolute atomic E-state index is 0.359. The fourth-order valence-corrected chi connectivity index (χ4v) is 1.78. The Labute approximate surface area is 116 Å². The Morgan fingerprint density at radius 2 is 1.84 bits per heavy atom. The third-order valence-corrected chi connectivity index (χ3v) is 2.92. The van der Waals surface area contributed by atoms with Crippen molar-refractivity contribution in [3.8, 4) is 0 Å². The van der Waals surface area contributed by atoms with E-state index in [1.807, 2.05) is 24.3 Å². The lowest BCUT2D eigenvalue weighted by Crippen LogP contribution is -2.00. The number of unbranched alkanes of at least 4 members (excludes halogenated alkanes) is 4. The monoisotopic (exact) mass is 264 g/mol. The van der Waals surface area contributed by atoms with Crippen LogP contribution in [0.5, 0.6) is 0 Å². The fraction of sp³-hybridized carbons (Fsp3) is 0.500. The minimum Gasteiger partial charge on any atom is -0.206 e. The van der Waals surface area contributed by atoms with Gasteiger partial charge in [0.25, 0.3) is 0 Å². The van der Waals surface area contributed by atoms with Crippen LogP contribution in [0.4, 0.5) is 0 Å². The van der Waals surface area contributed by atoms with Crippen molar-refractivity contribution in [2.45, 2.75) is 45.6 Å². The second kappa shape index (κ2) is 10.7. The molecule has 1 aromatic rings. The normalized spacial score (nSPS) is 10.6. The number of rotatable bonds is 11. The molecule has 1 aromatic carbocycles. The lowest BCUT2D eigenvalue weighted by molar-refractivity contribution is -0.518. The molecule has 0 unspecified atom stereocenters. The Balaban J connectivity index is 2.03. The molecule has 0 aliphatic heterocycles. The number of hydrogen-bond donors (Lipinski definition) is 0. The average molecular weight is 264 g/mol. The van der Waals surface area contributed by atoms with Crippen LogP contribution in [0.1, 0.15) is 50.2 Å². The van der Waals surface area contributed by atoms with E-state index in [4.69, 9.17) is 14.8 Å². The van der Waals surface area contributed by atoms with Crippen LogP contribution in [0.3, 0.4) is 0 Å². The topological polar surface area (TPSA) is 27.7 Å². The summed E-state index contributed by atoms with van der Waals surface area (Å²) >= 11 is 0. The van der Waals surface area contributed by atoms with Gasteiger partial charge in [-0.25, -0.2) is 9.78 Å². The average Bonchev–Trinajstić information content (AvgIpc) is 2.46. The summed E-state index contributed by atoms with van der Waals surface area (Å²) in [5.41, 5.74) is 2.08.